The van der Waals surface area contributed by atoms with Crippen LogP contribution in [0, 0.1) is 0 Å². The Morgan fingerprint density at radius 3 is 2.36 bits per heavy atom. The highest BCUT2D eigenvalue weighted by atomic mass is 35.5. The van der Waals surface area contributed by atoms with E-state index in [-0.39, 0.29) is 11.8 Å². The van der Waals surface area contributed by atoms with Crippen molar-refractivity contribution in [1.29, 1.82) is 0 Å². The normalized spacial score (nSPS) is 15.6. The third-order valence-corrected chi connectivity index (χ3v) is 3.06. The molecule has 0 unspecified atom stereocenters. The first kappa shape index (κ1) is 9.43. The Morgan fingerprint density at radius 2 is 1.86 bits per heavy atom. The van der Waals surface area contributed by atoms with Crippen LogP contribution < -0.4 is 0 Å². The zero-order valence-electron chi connectivity index (χ0n) is 7.07. The van der Waals surface area contributed by atoms with Gasteiger partial charge in [-0.15, -0.1) is 11.3 Å². The minimum Gasteiger partial charge on any atom is -0.270 e. The van der Waals surface area contributed by atoms with Crippen LogP contribution in [0.1, 0.15) is 4.88 Å². The van der Waals surface area contributed by atoms with Crippen molar-refractivity contribution in [3.05, 3.63) is 33.5 Å². The minimum absolute atomic E-state index is 0.264. The number of rotatable bonds is 2. The number of carbonyl (C=O) groups is 2. The molecular formula is C9H6ClNO2S. The first-order chi connectivity index (χ1) is 6.66. The predicted molar refractivity (Wildman–Crippen MR) is 54.0 cm³/mol. The second-order valence-electron chi connectivity index (χ2n) is 2.80. The first-order valence-electron chi connectivity index (χ1n) is 3.94. The van der Waals surface area contributed by atoms with E-state index in [0.717, 1.165) is 4.88 Å². The Morgan fingerprint density at radius 1 is 1.21 bits per heavy atom. The van der Waals surface area contributed by atoms with E-state index in [0.29, 0.717) is 10.9 Å². The summed E-state index contributed by atoms with van der Waals surface area (Å²) < 4.78 is 0.659. The number of imide groups is 1. The van der Waals surface area contributed by atoms with Crippen molar-refractivity contribution in [3.8, 4) is 0 Å². The molecule has 5 heteroatoms. The van der Waals surface area contributed by atoms with Gasteiger partial charge in [0, 0.05) is 17.0 Å². The van der Waals surface area contributed by atoms with Crippen LogP contribution in [-0.2, 0) is 16.1 Å². The van der Waals surface area contributed by atoms with Crippen LogP contribution >= 0.6 is 22.9 Å². The third-order valence-electron chi connectivity index (χ3n) is 1.84. The topological polar surface area (TPSA) is 37.4 Å². The summed E-state index contributed by atoms with van der Waals surface area (Å²) >= 11 is 7.10. The molecule has 2 amide bonds. The molecule has 0 fully saturated rings. The molecule has 0 saturated heterocycles. The molecular weight excluding hydrogens is 222 g/mol. The van der Waals surface area contributed by atoms with E-state index in [4.69, 9.17) is 11.6 Å². The summed E-state index contributed by atoms with van der Waals surface area (Å²) in [6.07, 6.45) is 2.55. The Kier molecular flexibility index (Phi) is 2.39. The Hall–Kier alpha value is -1.13. The predicted octanol–water partition coefficient (Wildman–Crippen LogP) is 1.83. The van der Waals surface area contributed by atoms with Gasteiger partial charge >= 0.3 is 0 Å². The summed E-state index contributed by atoms with van der Waals surface area (Å²) in [5.41, 5.74) is 0. The molecule has 1 aliphatic heterocycles. The maximum atomic E-state index is 11.2. The fourth-order valence-corrected chi connectivity index (χ4v) is 2.26. The van der Waals surface area contributed by atoms with Crippen LogP contribution in [-0.4, -0.2) is 16.7 Å². The van der Waals surface area contributed by atoms with E-state index in [9.17, 15) is 9.59 Å². The van der Waals surface area contributed by atoms with Crippen LogP contribution in [0.4, 0.5) is 0 Å². The lowest BCUT2D eigenvalue weighted by Crippen LogP contribution is -2.28. The molecule has 0 radical (unpaired) electrons. The minimum atomic E-state index is -0.264. The van der Waals surface area contributed by atoms with Gasteiger partial charge in [0.15, 0.2) is 0 Å². The standard InChI is InChI=1S/C9H6ClNO2S/c10-7-2-1-6(14-7)5-11-8(12)3-4-9(11)13/h1-4H,5H2. The average Bonchev–Trinajstić information content (AvgIpc) is 2.67. The highest BCUT2D eigenvalue weighted by molar-refractivity contribution is 7.16. The summed E-state index contributed by atoms with van der Waals surface area (Å²) in [5, 5.41) is 0. The summed E-state index contributed by atoms with van der Waals surface area (Å²) in [5.74, 6) is -0.529. The molecule has 0 aliphatic carbocycles. The second-order valence-corrected chi connectivity index (χ2v) is 4.60. The zero-order chi connectivity index (χ0) is 10.1. The molecule has 1 aliphatic rings. The lowest BCUT2D eigenvalue weighted by molar-refractivity contribution is -0.137. The van der Waals surface area contributed by atoms with E-state index < -0.39 is 0 Å². The number of hydrogen-bond donors (Lipinski definition) is 0. The molecule has 0 atom stereocenters. The van der Waals surface area contributed by atoms with Crippen LogP contribution in [0.25, 0.3) is 0 Å². The van der Waals surface area contributed by atoms with Crippen molar-refractivity contribution in [3.63, 3.8) is 0 Å². The van der Waals surface area contributed by atoms with E-state index in [1.807, 2.05) is 6.07 Å². The molecule has 0 N–H and O–H groups in total. The highest BCUT2D eigenvalue weighted by Gasteiger charge is 2.23. The maximum Gasteiger partial charge on any atom is 0.253 e. The number of carbonyl (C=O) groups excluding carboxylic acids is 2. The van der Waals surface area contributed by atoms with Crippen molar-refractivity contribution >= 4 is 34.8 Å². The highest BCUT2D eigenvalue weighted by Crippen LogP contribution is 2.23. The molecule has 0 aromatic carbocycles. The molecule has 0 saturated carbocycles. The van der Waals surface area contributed by atoms with Gasteiger partial charge in [0.25, 0.3) is 11.8 Å². The van der Waals surface area contributed by atoms with Crippen molar-refractivity contribution in [2.45, 2.75) is 6.54 Å². The largest absolute Gasteiger partial charge is 0.270 e. The molecule has 72 valence electrons. The Labute approximate surface area is 89.6 Å². The Bertz CT molecular complexity index is 406. The summed E-state index contributed by atoms with van der Waals surface area (Å²) in [6, 6.07) is 3.56. The van der Waals surface area contributed by atoms with Crippen LogP contribution in [0.15, 0.2) is 24.3 Å². The van der Waals surface area contributed by atoms with Crippen molar-refractivity contribution < 1.29 is 9.59 Å². The lowest BCUT2D eigenvalue weighted by atomic mass is 10.4. The molecule has 2 rings (SSSR count). The number of nitrogens with zero attached hydrogens (tertiary/aromatic N) is 1. The lowest BCUT2D eigenvalue weighted by Gasteiger charge is -2.11. The molecule has 1 aromatic heterocycles. The smallest absolute Gasteiger partial charge is 0.253 e. The van der Waals surface area contributed by atoms with Gasteiger partial charge in [-0.1, -0.05) is 11.6 Å². The van der Waals surface area contributed by atoms with Crippen LogP contribution in [0.2, 0.25) is 4.34 Å². The fraction of sp³-hybridized carbons (Fsp3) is 0.111. The molecule has 2 heterocycles. The second kappa shape index (κ2) is 3.55. The summed E-state index contributed by atoms with van der Waals surface area (Å²) in [6.45, 7) is 0.308. The Balaban J connectivity index is 2.12. The van der Waals surface area contributed by atoms with Gasteiger partial charge in [-0.2, -0.15) is 0 Å². The van der Waals surface area contributed by atoms with Gasteiger partial charge in [0.05, 0.1) is 10.9 Å². The number of amides is 2. The van der Waals surface area contributed by atoms with Gasteiger partial charge < -0.3 is 0 Å². The number of halogens is 1. The van der Waals surface area contributed by atoms with Crippen LogP contribution in [0.5, 0.6) is 0 Å². The SMILES string of the molecule is O=C1C=CC(=O)N1Cc1ccc(Cl)s1. The summed E-state index contributed by atoms with van der Waals surface area (Å²) in [7, 11) is 0. The molecule has 14 heavy (non-hydrogen) atoms. The maximum absolute atomic E-state index is 11.2. The van der Waals surface area contributed by atoms with Crippen molar-refractivity contribution in [2.24, 2.45) is 0 Å². The van der Waals surface area contributed by atoms with Crippen molar-refractivity contribution in [1.82, 2.24) is 4.90 Å². The van der Waals surface area contributed by atoms with E-state index in [1.54, 1.807) is 6.07 Å². The van der Waals surface area contributed by atoms with Gasteiger partial charge in [-0.25, -0.2) is 0 Å². The van der Waals surface area contributed by atoms with Gasteiger partial charge in [-0.05, 0) is 12.1 Å². The number of hydrogen-bond acceptors (Lipinski definition) is 3. The van der Waals surface area contributed by atoms with E-state index >= 15 is 0 Å². The first-order valence-corrected chi connectivity index (χ1v) is 5.14. The van der Waals surface area contributed by atoms with E-state index in [1.165, 1.54) is 28.4 Å². The molecule has 0 spiro atoms. The molecule has 0 bridgehead atoms. The van der Waals surface area contributed by atoms with Crippen LogP contribution in [0.3, 0.4) is 0 Å². The molecule has 3 nitrogen and oxygen atoms in total. The third kappa shape index (κ3) is 1.71. The monoisotopic (exact) mass is 227 g/mol. The average molecular weight is 228 g/mol. The fourth-order valence-electron chi connectivity index (χ4n) is 1.18. The molecule has 1 aromatic rings. The van der Waals surface area contributed by atoms with Crippen molar-refractivity contribution in [2.75, 3.05) is 0 Å². The quantitative estimate of drug-likeness (QED) is 0.723. The summed E-state index contributed by atoms with van der Waals surface area (Å²) in [4.78, 5) is 24.5. The van der Waals surface area contributed by atoms with E-state index in [2.05, 4.69) is 0 Å². The zero-order valence-corrected chi connectivity index (χ0v) is 8.64. The number of thiophene rings is 1. The van der Waals surface area contributed by atoms with Gasteiger partial charge in [0.2, 0.25) is 0 Å². The van der Waals surface area contributed by atoms with Gasteiger partial charge in [-0.3, -0.25) is 14.5 Å². The van der Waals surface area contributed by atoms with Gasteiger partial charge in [0.1, 0.15) is 0 Å².